The van der Waals surface area contributed by atoms with E-state index in [1.165, 1.54) is 16.9 Å². The van der Waals surface area contributed by atoms with E-state index in [0.29, 0.717) is 24.5 Å². The Balaban J connectivity index is 1.66. The summed E-state index contributed by atoms with van der Waals surface area (Å²) in [6.45, 7) is 5.30. The lowest BCUT2D eigenvalue weighted by Crippen LogP contribution is -2.15. The molecule has 3 heterocycles. The van der Waals surface area contributed by atoms with Crippen LogP contribution in [0, 0.1) is 13.8 Å². The minimum absolute atomic E-state index is 0.234. The number of ether oxygens (including phenoxy) is 3. The molecule has 0 spiro atoms. The quantitative estimate of drug-likeness (QED) is 0.593. The van der Waals surface area contributed by atoms with Gasteiger partial charge in [-0.05, 0) is 31.5 Å². The lowest BCUT2D eigenvalue weighted by Gasteiger charge is -2.19. The van der Waals surface area contributed by atoms with E-state index in [0.717, 1.165) is 38.0 Å². The van der Waals surface area contributed by atoms with E-state index in [4.69, 9.17) is 19.2 Å². The number of thiazole rings is 1. The number of carbonyl (C=O) groups excluding carboxylic acids is 1. The van der Waals surface area contributed by atoms with E-state index in [1.807, 2.05) is 44.2 Å². The largest absolute Gasteiger partial charge is 0.486 e. The van der Waals surface area contributed by atoms with Crippen LogP contribution in [0.2, 0.25) is 0 Å². The number of aromatic nitrogens is 1. The maximum absolute atomic E-state index is 12.7. The van der Waals surface area contributed by atoms with Crippen LogP contribution in [0.1, 0.15) is 21.0 Å². The van der Waals surface area contributed by atoms with Crippen molar-refractivity contribution in [2.45, 2.75) is 13.8 Å². The van der Waals surface area contributed by atoms with Crippen molar-refractivity contribution >= 4 is 28.5 Å². The summed E-state index contributed by atoms with van der Waals surface area (Å²) in [5.41, 5.74) is 5.32. The van der Waals surface area contributed by atoms with Crippen molar-refractivity contribution in [3.05, 3.63) is 63.5 Å². The average molecular weight is 405 g/mol. The highest BCUT2D eigenvalue weighted by Crippen LogP contribution is 2.42. The predicted octanol–water partition coefficient (Wildman–Crippen LogP) is 4.67. The molecule has 6 heteroatoms. The van der Waals surface area contributed by atoms with E-state index < -0.39 is 0 Å². The standard InChI is InChI=1S/C23H19NO4S/c1-13-3-5-15(6-4-13)21-22(29-14(2)24-21)20-17(12-28-23(20)25)16-7-8-18-19(11-16)27-10-9-26-18/h3-8,11H,9-10,12H2,1-2H3. The maximum Gasteiger partial charge on any atom is 0.340 e. The SMILES string of the molecule is Cc1ccc(-c2nc(C)sc2C2=C(c3ccc4c(c3)OCCO4)COC2=O)cc1. The number of nitrogens with zero attached hydrogens (tertiary/aromatic N) is 1. The minimum Gasteiger partial charge on any atom is -0.486 e. The van der Waals surface area contributed by atoms with Gasteiger partial charge in [0.1, 0.15) is 19.8 Å². The zero-order chi connectivity index (χ0) is 20.0. The van der Waals surface area contributed by atoms with Crippen LogP contribution in [0.15, 0.2) is 42.5 Å². The van der Waals surface area contributed by atoms with E-state index in [-0.39, 0.29) is 12.6 Å². The number of esters is 1. The summed E-state index contributed by atoms with van der Waals surface area (Å²) in [5, 5.41) is 0.907. The molecule has 29 heavy (non-hydrogen) atoms. The Kier molecular flexibility index (Phi) is 4.36. The van der Waals surface area contributed by atoms with Crippen LogP contribution in [-0.4, -0.2) is 30.8 Å². The van der Waals surface area contributed by atoms with Crippen molar-refractivity contribution < 1.29 is 19.0 Å². The van der Waals surface area contributed by atoms with Crippen molar-refractivity contribution in [1.29, 1.82) is 0 Å². The highest BCUT2D eigenvalue weighted by Gasteiger charge is 2.32. The Morgan fingerprint density at radius 1 is 0.897 bits per heavy atom. The van der Waals surface area contributed by atoms with Crippen LogP contribution >= 0.6 is 11.3 Å². The third kappa shape index (κ3) is 3.19. The second-order valence-corrected chi connectivity index (χ2v) is 8.27. The number of benzene rings is 2. The van der Waals surface area contributed by atoms with Crippen molar-refractivity contribution in [1.82, 2.24) is 4.98 Å². The summed E-state index contributed by atoms with van der Waals surface area (Å²) in [4.78, 5) is 18.3. The van der Waals surface area contributed by atoms with Gasteiger partial charge in [-0.15, -0.1) is 11.3 Å². The van der Waals surface area contributed by atoms with Crippen molar-refractivity contribution in [2.75, 3.05) is 19.8 Å². The number of carbonyl (C=O) groups is 1. The molecule has 0 bridgehead atoms. The van der Waals surface area contributed by atoms with Gasteiger partial charge in [-0.2, -0.15) is 0 Å². The van der Waals surface area contributed by atoms with E-state index in [9.17, 15) is 4.79 Å². The Hall–Kier alpha value is -3.12. The van der Waals surface area contributed by atoms with Gasteiger partial charge in [0.05, 0.1) is 21.2 Å². The van der Waals surface area contributed by atoms with Gasteiger partial charge in [0.25, 0.3) is 0 Å². The maximum atomic E-state index is 12.7. The lowest BCUT2D eigenvalue weighted by molar-refractivity contribution is -0.133. The fraction of sp³-hybridized carbons (Fsp3) is 0.217. The van der Waals surface area contributed by atoms with Gasteiger partial charge in [0, 0.05) is 11.1 Å². The molecule has 0 N–H and O–H groups in total. The van der Waals surface area contributed by atoms with Gasteiger partial charge in [-0.1, -0.05) is 35.9 Å². The molecule has 2 aliphatic rings. The first-order valence-electron chi connectivity index (χ1n) is 9.45. The molecule has 0 radical (unpaired) electrons. The number of aryl methyl sites for hydroxylation is 2. The second kappa shape index (κ2) is 7.04. The average Bonchev–Trinajstić information content (AvgIpc) is 3.30. The third-order valence-electron chi connectivity index (χ3n) is 5.03. The van der Waals surface area contributed by atoms with Crippen molar-refractivity contribution in [2.24, 2.45) is 0 Å². The Labute approximate surface area is 172 Å². The molecule has 1 aromatic heterocycles. The number of hydrogen-bond donors (Lipinski definition) is 0. The van der Waals surface area contributed by atoms with Crippen molar-refractivity contribution in [3.8, 4) is 22.8 Å². The summed E-state index contributed by atoms with van der Waals surface area (Å²) in [6, 6.07) is 13.9. The first-order valence-corrected chi connectivity index (χ1v) is 10.3. The van der Waals surface area contributed by atoms with E-state index in [1.54, 1.807) is 0 Å². The molecule has 2 aromatic carbocycles. The zero-order valence-electron chi connectivity index (χ0n) is 16.2. The molecule has 146 valence electrons. The number of cyclic esters (lactones) is 1. The Morgan fingerprint density at radius 3 is 2.41 bits per heavy atom. The van der Waals surface area contributed by atoms with Gasteiger partial charge in [-0.3, -0.25) is 0 Å². The van der Waals surface area contributed by atoms with E-state index >= 15 is 0 Å². The predicted molar refractivity (Wildman–Crippen MR) is 112 cm³/mol. The monoisotopic (exact) mass is 405 g/mol. The Bertz CT molecular complexity index is 1140. The molecule has 0 saturated carbocycles. The molecule has 3 aromatic rings. The van der Waals surface area contributed by atoms with Gasteiger partial charge < -0.3 is 14.2 Å². The first-order chi connectivity index (χ1) is 14.1. The molecule has 0 unspecified atom stereocenters. The van der Waals surface area contributed by atoms with Crippen molar-refractivity contribution in [3.63, 3.8) is 0 Å². The van der Waals surface area contributed by atoms with E-state index in [2.05, 4.69) is 12.1 Å². The molecular weight excluding hydrogens is 386 g/mol. The molecule has 0 saturated heterocycles. The summed E-state index contributed by atoms with van der Waals surface area (Å²) in [6.07, 6.45) is 0. The van der Waals surface area contributed by atoms with Gasteiger partial charge >= 0.3 is 5.97 Å². The van der Waals surface area contributed by atoms with Crippen LogP contribution < -0.4 is 9.47 Å². The smallest absolute Gasteiger partial charge is 0.340 e. The van der Waals surface area contributed by atoms with Crippen LogP contribution in [0.4, 0.5) is 0 Å². The summed E-state index contributed by atoms with van der Waals surface area (Å²) in [7, 11) is 0. The lowest BCUT2D eigenvalue weighted by atomic mass is 9.98. The summed E-state index contributed by atoms with van der Waals surface area (Å²) in [5.74, 6) is 1.10. The number of rotatable bonds is 3. The fourth-order valence-corrected chi connectivity index (χ4v) is 4.60. The zero-order valence-corrected chi connectivity index (χ0v) is 17.0. The molecule has 0 atom stereocenters. The van der Waals surface area contributed by atoms with Crippen LogP contribution in [-0.2, 0) is 9.53 Å². The first kappa shape index (κ1) is 17.9. The minimum atomic E-state index is -0.313. The van der Waals surface area contributed by atoms with Gasteiger partial charge in [-0.25, -0.2) is 9.78 Å². The summed E-state index contributed by atoms with van der Waals surface area (Å²) < 4.78 is 16.8. The second-order valence-electron chi connectivity index (χ2n) is 7.06. The van der Waals surface area contributed by atoms with Crippen LogP contribution in [0.25, 0.3) is 22.4 Å². The molecule has 5 nitrogen and oxygen atoms in total. The Morgan fingerprint density at radius 2 is 1.62 bits per heavy atom. The molecule has 2 aliphatic heterocycles. The highest BCUT2D eigenvalue weighted by molar-refractivity contribution is 7.13. The molecule has 5 rings (SSSR count). The van der Waals surface area contributed by atoms with Crippen LogP contribution in [0.5, 0.6) is 11.5 Å². The third-order valence-corrected chi connectivity index (χ3v) is 6.02. The van der Waals surface area contributed by atoms with Gasteiger partial charge in [0.2, 0.25) is 0 Å². The molecule has 0 amide bonds. The number of fused-ring (bicyclic) bond motifs is 1. The summed E-state index contributed by atoms with van der Waals surface area (Å²) >= 11 is 1.52. The molecular formula is C23H19NO4S. The normalized spacial score (nSPS) is 15.6. The van der Waals surface area contributed by atoms with Crippen LogP contribution in [0.3, 0.4) is 0 Å². The molecule has 0 fully saturated rings. The van der Waals surface area contributed by atoms with Gasteiger partial charge in [0.15, 0.2) is 11.5 Å². The number of hydrogen-bond acceptors (Lipinski definition) is 6. The highest BCUT2D eigenvalue weighted by atomic mass is 32.1. The fourth-order valence-electron chi connectivity index (χ4n) is 3.60. The molecule has 0 aliphatic carbocycles. The topological polar surface area (TPSA) is 57.6 Å².